The second-order valence-corrected chi connectivity index (χ2v) is 5.76. The van der Waals surface area contributed by atoms with Crippen molar-refractivity contribution in [2.24, 2.45) is 15.4 Å². The van der Waals surface area contributed by atoms with Gasteiger partial charge < -0.3 is 4.74 Å². The third kappa shape index (κ3) is 1.96. The monoisotopic (exact) mass is 240 g/mol. The zero-order valence-corrected chi connectivity index (χ0v) is 11.5. The normalized spacial score (nSPS) is 26.8. The SMILES string of the molecule is C=NC1=C(C=NC)COC1(SC)C(C)(C)C. The molecule has 0 bridgehead atoms. The molecule has 0 amide bonds. The lowest BCUT2D eigenvalue weighted by Gasteiger charge is -2.40. The maximum atomic E-state index is 5.99. The molecule has 1 rings (SSSR count). The molecule has 1 aliphatic heterocycles. The van der Waals surface area contributed by atoms with E-state index in [1.54, 1.807) is 18.8 Å². The van der Waals surface area contributed by atoms with Gasteiger partial charge in [0.15, 0.2) is 4.93 Å². The van der Waals surface area contributed by atoms with E-state index >= 15 is 0 Å². The number of ether oxygens (including phenoxy) is 1. The zero-order valence-electron chi connectivity index (χ0n) is 10.7. The Hall–Kier alpha value is -0.610. The van der Waals surface area contributed by atoms with Gasteiger partial charge in [-0.3, -0.25) is 9.98 Å². The molecule has 0 aromatic carbocycles. The van der Waals surface area contributed by atoms with Crippen LogP contribution in [-0.2, 0) is 4.74 Å². The molecule has 1 unspecified atom stereocenters. The molecule has 90 valence electrons. The summed E-state index contributed by atoms with van der Waals surface area (Å²) in [5, 5.41) is 0. The van der Waals surface area contributed by atoms with Crippen LogP contribution in [0.15, 0.2) is 21.3 Å². The van der Waals surface area contributed by atoms with E-state index in [1.807, 2.05) is 12.5 Å². The summed E-state index contributed by atoms with van der Waals surface area (Å²) in [6, 6.07) is 0. The lowest BCUT2D eigenvalue weighted by molar-refractivity contribution is 0.0106. The molecule has 3 nitrogen and oxygen atoms in total. The van der Waals surface area contributed by atoms with Crippen LogP contribution in [0.2, 0.25) is 0 Å². The van der Waals surface area contributed by atoms with Crippen LogP contribution < -0.4 is 0 Å². The Kier molecular flexibility index (Phi) is 3.97. The molecule has 0 saturated carbocycles. The van der Waals surface area contributed by atoms with Gasteiger partial charge >= 0.3 is 0 Å². The highest BCUT2D eigenvalue weighted by Crippen LogP contribution is 2.51. The maximum absolute atomic E-state index is 5.99. The van der Waals surface area contributed by atoms with Crippen LogP contribution >= 0.6 is 11.8 Å². The Morgan fingerprint density at radius 3 is 2.50 bits per heavy atom. The topological polar surface area (TPSA) is 34.0 Å². The fraction of sp³-hybridized carbons (Fsp3) is 0.667. The molecule has 0 aromatic rings. The van der Waals surface area contributed by atoms with E-state index in [-0.39, 0.29) is 5.41 Å². The molecule has 0 aromatic heterocycles. The van der Waals surface area contributed by atoms with E-state index in [0.29, 0.717) is 6.61 Å². The highest BCUT2D eigenvalue weighted by Gasteiger charge is 2.50. The van der Waals surface area contributed by atoms with E-state index < -0.39 is 4.93 Å². The Morgan fingerprint density at radius 2 is 2.12 bits per heavy atom. The standard InChI is InChI=1S/C12H20N2OS/c1-11(2,3)12(16-6)10(14-5)9(7-13-4)8-15-12/h7H,5,8H2,1-4,6H3. The minimum absolute atomic E-state index is 0.0354. The van der Waals surface area contributed by atoms with Crippen molar-refractivity contribution in [3.63, 3.8) is 0 Å². The highest BCUT2D eigenvalue weighted by atomic mass is 32.2. The third-order valence-electron chi connectivity index (χ3n) is 2.76. The van der Waals surface area contributed by atoms with Gasteiger partial charge in [-0.1, -0.05) is 20.8 Å². The van der Waals surface area contributed by atoms with Gasteiger partial charge in [0.1, 0.15) is 0 Å². The van der Waals surface area contributed by atoms with Gasteiger partial charge in [-0.25, -0.2) is 0 Å². The Morgan fingerprint density at radius 1 is 1.50 bits per heavy atom. The average molecular weight is 240 g/mol. The summed E-state index contributed by atoms with van der Waals surface area (Å²) in [7, 11) is 1.75. The third-order valence-corrected chi connectivity index (χ3v) is 4.26. The molecule has 0 aliphatic carbocycles. The number of thioether (sulfide) groups is 1. The van der Waals surface area contributed by atoms with Gasteiger partial charge in [0.05, 0.1) is 12.3 Å². The minimum Gasteiger partial charge on any atom is -0.353 e. The Labute approximate surface area is 102 Å². The first-order valence-electron chi connectivity index (χ1n) is 5.24. The predicted octanol–water partition coefficient (Wildman–Crippen LogP) is 2.78. The molecule has 1 heterocycles. The summed E-state index contributed by atoms with van der Waals surface area (Å²) >= 11 is 1.67. The molecule has 0 N–H and O–H groups in total. The van der Waals surface area contributed by atoms with E-state index in [4.69, 9.17) is 4.74 Å². The lowest BCUT2D eigenvalue weighted by Crippen LogP contribution is -2.41. The summed E-state index contributed by atoms with van der Waals surface area (Å²) in [5.74, 6) is 0. The zero-order chi connectivity index (χ0) is 12.4. The van der Waals surface area contributed by atoms with Crippen LogP contribution in [0.5, 0.6) is 0 Å². The molecular weight excluding hydrogens is 220 g/mol. The summed E-state index contributed by atoms with van der Waals surface area (Å²) < 4.78 is 5.99. The first kappa shape index (κ1) is 13.5. The van der Waals surface area contributed by atoms with E-state index in [1.165, 1.54) is 0 Å². The van der Waals surface area contributed by atoms with E-state index in [9.17, 15) is 0 Å². The van der Waals surface area contributed by atoms with E-state index in [2.05, 4.69) is 37.5 Å². The van der Waals surface area contributed by atoms with Crippen molar-refractivity contribution in [1.29, 1.82) is 0 Å². The van der Waals surface area contributed by atoms with Crippen LogP contribution in [0.4, 0.5) is 0 Å². The van der Waals surface area contributed by atoms with Gasteiger partial charge in [0.2, 0.25) is 0 Å². The van der Waals surface area contributed by atoms with Crippen LogP contribution in [0.3, 0.4) is 0 Å². The molecule has 0 saturated heterocycles. The number of rotatable bonds is 3. The molecule has 16 heavy (non-hydrogen) atoms. The molecule has 0 fully saturated rings. The fourth-order valence-corrected chi connectivity index (χ4v) is 3.20. The van der Waals surface area contributed by atoms with Crippen molar-refractivity contribution < 1.29 is 4.74 Å². The van der Waals surface area contributed by atoms with Crippen LogP contribution in [0, 0.1) is 5.41 Å². The van der Waals surface area contributed by atoms with Gasteiger partial charge in [0, 0.05) is 24.3 Å². The molecule has 0 spiro atoms. The Balaban J connectivity index is 3.30. The van der Waals surface area contributed by atoms with Gasteiger partial charge in [-0.05, 0) is 13.0 Å². The molecule has 4 heteroatoms. The van der Waals surface area contributed by atoms with Crippen LogP contribution in [0.1, 0.15) is 20.8 Å². The molecule has 1 aliphatic rings. The van der Waals surface area contributed by atoms with Crippen molar-refractivity contribution in [2.75, 3.05) is 19.9 Å². The van der Waals surface area contributed by atoms with Crippen molar-refractivity contribution in [3.8, 4) is 0 Å². The summed E-state index contributed by atoms with van der Waals surface area (Å²) in [6.45, 7) is 10.7. The summed E-state index contributed by atoms with van der Waals surface area (Å²) in [5.41, 5.74) is 1.91. The average Bonchev–Trinajstić information content (AvgIpc) is 2.56. The van der Waals surface area contributed by atoms with Crippen molar-refractivity contribution in [1.82, 2.24) is 0 Å². The Bertz CT molecular complexity index is 341. The molecule has 1 atom stereocenters. The van der Waals surface area contributed by atoms with Gasteiger partial charge in [-0.2, -0.15) is 0 Å². The molecule has 0 radical (unpaired) electrons. The maximum Gasteiger partial charge on any atom is 0.161 e. The number of hydrogen-bond acceptors (Lipinski definition) is 4. The first-order chi connectivity index (χ1) is 7.43. The number of aliphatic imine (C=N–C) groups is 2. The summed E-state index contributed by atoms with van der Waals surface area (Å²) in [4.78, 5) is 7.80. The largest absolute Gasteiger partial charge is 0.353 e. The quantitative estimate of drug-likeness (QED) is 0.711. The van der Waals surface area contributed by atoms with Crippen molar-refractivity contribution >= 4 is 24.7 Å². The summed E-state index contributed by atoms with van der Waals surface area (Å²) in [6.07, 6.45) is 3.86. The molecular formula is C12H20N2OS. The lowest BCUT2D eigenvalue weighted by atomic mass is 9.86. The second kappa shape index (κ2) is 4.72. The predicted molar refractivity (Wildman–Crippen MR) is 72.6 cm³/mol. The van der Waals surface area contributed by atoms with Gasteiger partial charge in [-0.15, -0.1) is 11.8 Å². The fourth-order valence-electron chi connectivity index (χ4n) is 2.02. The smallest absolute Gasteiger partial charge is 0.161 e. The van der Waals surface area contributed by atoms with E-state index in [0.717, 1.165) is 11.3 Å². The van der Waals surface area contributed by atoms with Crippen molar-refractivity contribution in [2.45, 2.75) is 25.7 Å². The van der Waals surface area contributed by atoms with Crippen LogP contribution in [-0.4, -0.2) is 37.8 Å². The van der Waals surface area contributed by atoms with Gasteiger partial charge in [0.25, 0.3) is 0 Å². The minimum atomic E-state index is -0.411. The number of nitrogens with zero attached hydrogens (tertiary/aromatic N) is 2. The first-order valence-corrected chi connectivity index (χ1v) is 6.47. The number of hydrogen-bond donors (Lipinski definition) is 0. The highest BCUT2D eigenvalue weighted by molar-refractivity contribution is 8.00. The van der Waals surface area contributed by atoms with Crippen LogP contribution in [0.25, 0.3) is 0 Å². The van der Waals surface area contributed by atoms with Crippen molar-refractivity contribution in [3.05, 3.63) is 11.3 Å². The second-order valence-electron chi connectivity index (χ2n) is 4.78.